The first-order valence-corrected chi connectivity index (χ1v) is 6.33. The number of amides is 1. The summed E-state index contributed by atoms with van der Waals surface area (Å²) in [5.74, 6) is 5.13. The molecule has 0 spiro atoms. The van der Waals surface area contributed by atoms with Crippen LogP contribution in [0.5, 0.6) is 0 Å². The lowest BCUT2D eigenvalue weighted by Crippen LogP contribution is -2.13. The van der Waals surface area contributed by atoms with E-state index in [2.05, 4.69) is 17.2 Å². The van der Waals surface area contributed by atoms with Crippen LogP contribution in [0, 0.1) is 23.2 Å². The van der Waals surface area contributed by atoms with Crippen molar-refractivity contribution >= 4 is 11.6 Å². The summed E-state index contributed by atoms with van der Waals surface area (Å²) in [6, 6.07) is 20.2. The van der Waals surface area contributed by atoms with Crippen molar-refractivity contribution in [1.29, 1.82) is 5.26 Å². The molecule has 2 rings (SSSR count). The third-order valence-corrected chi connectivity index (χ3v) is 2.60. The average Bonchev–Trinajstić information content (AvgIpc) is 2.53. The Labute approximate surface area is 123 Å². The van der Waals surface area contributed by atoms with Crippen LogP contribution in [0.2, 0.25) is 0 Å². The minimum absolute atomic E-state index is 0.0257. The van der Waals surface area contributed by atoms with Gasteiger partial charge in [0.1, 0.15) is 11.6 Å². The van der Waals surface area contributed by atoms with Gasteiger partial charge in [0.25, 0.3) is 5.91 Å². The van der Waals surface area contributed by atoms with E-state index in [0.717, 1.165) is 5.56 Å². The second-order valence-electron chi connectivity index (χ2n) is 4.13. The molecule has 0 radical (unpaired) electrons. The van der Waals surface area contributed by atoms with Gasteiger partial charge in [0.15, 0.2) is 0 Å². The largest absolute Gasteiger partial charge is 0.321 e. The molecule has 0 aliphatic heterocycles. The van der Waals surface area contributed by atoms with Gasteiger partial charge in [-0.05, 0) is 24.3 Å². The Hall–Kier alpha value is -3.30. The number of benzene rings is 2. The Kier molecular flexibility index (Phi) is 4.93. The maximum Gasteiger partial charge on any atom is 0.266 e. The number of nitrogens with zero attached hydrogens (tertiary/aromatic N) is 1. The zero-order valence-corrected chi connectivity index (χ0v) is 11.2. The van der Waals surface area contributed by atoms with E-state index in [9.17, 15) is 4.79 Å². The van der Waals surface area contributed by atoms with Crippen LogP contribution in [0.4, 0.5) is 5.69 Å². The van der Waals surface area contributed by atoms with Gasteiger partial charge in [-0.3, -0.25) is 4.79 Å². The highest BCUT2D eigenvalue weighted by molar-refractivity contribution is 6.06. The Morgan fingerprint density at radius 3 is 2.24 bits per heavy atom. The summed E-state index contributed by atoms with van der Waals surface area (Å²) < 4.78 is 0. The maximum atomic E-state index is 11.9. The summed E-state index contributed by atoms with van der Waals surface area (Å²) >= 11 is 0. The van der Waals surface area contributed by atoms with Gasteiger partial charge in [-0.1, -0.05) is 48.2 Å². The summed E-state index contributed by atoms with van der Waals surface area (Å²) in [6.07, 6.45) is 1.32. The number of carbonyl (C=O) groups is 1. The Bertz CT molecular complexity index is 745. The van der Waals surface area contributed by atoms with Crippen LogP contribution in [-0.2, 0) is 4.79 Å². The minimum atomic E-state index is -0.467. The van der Waals surface area contributed by atoms with Gasteiger partial charge >= 0.3 is 0 Å². The van der Waals surface area contributed by atoms with Crippen LogP contribution in [0.25, 0.3) is 0 Å². The standard InChI is InChI=1S/C18H12N2O/c19-14-16(11-7-10-15-8-3-1-4-9-15)18(21)20-17-12-5-2-6-13-17/h1-6,8-9,11-13H,(H,20,21)/b16-11-. The van der Waals surface area contributed by atoms with E-state index in [1.165, 1.54) is 6.08 Å². The van der Waals surface area contributed by atoms with Crippen molar-refractivity contribution in [1.82, 2.24) is 0 Å². The summed E-state index contributed by atoms with van der Waals surface area (Å²) in [5, 5.41) is 11.7. The topological polar surface area (TPSA) is 52.9 Å². The van der Waals surface area contributed by atoms with E-state index in [4.69, 9.17) is 5.26 Å². The first kappa shape index (κ1) is 14.1. The highest BCUT2D eigenvalue weighted by Crippen LogP contribution is 2.07. The first-order valence-electron chi connectivity index (χ1n) is 6.33. The van der Waals surface area contributed by atoms with Gasteiger partial charge in [-0.2, -0.15) is 5.26 Å². The molecule has 0 aliphatic rings. The van der Waals surface area contributed by atoms with Gasteiger partial charge in [0.05, 0.1) is 0 Å². The SMILES string of the molecule is N#C/C(=C/C#Cc1ccccc1)C(=O)Nc1ccccc1. The maximum absolute atomic E-state index is 11.9. The van der Waals surface area contributed by atoms with E-state index >= 15 is 0 Å². The average molecular weight is 272 g/mol. The molecule has 2 aromatic carbocycles. The molecule has 0 unspecified atom stereocenters. The lowest BCUT2D eigenvalue weighted by Gasteiger charge is -2.02. The summed E-state index contributed by atoms with van der Waals surface area (Å²) in [6.45, 7) is 0. The number of rotatable bonds is 2. The van der Waals surface area contributed by atoms with Crippen LogP contribution < -0.4 is 5.32 Å². The fourth-order valence-electron chi connectivity index (χ4n) is 1.58. The highest BCUT2D eigenvalue weighted by atomic mass is 16.1. The van der Waals surface area contributed by atoms with E-state index in [0.29, 0.717) is 5.69 Å². The molecule has 0 saturated carbocycles. The fraction of sp³-hybridized carbons (Fsp3) is 0. The predicted molar refractivity (Wildman–Crippen MR) is 82.1 cm³/mol. The zero-order valence-electron chi connectivity index (χ0n) is 11.2. The predicted octanol–water partition coefficient (Wildman–Crippen LogP) is 3.13. The number of anilines is 1. The molecule has 0 atom stereocenters. The van der Waals surface area contributed by atoms with Crippen molar-refractivity contribution in [3.05, 3.63) is 77.9 Å². The fourth-order valence-corrected chi connectivity index (χ4v) is 1.58. The molecular formula is C18H12N2O. The molecule has 0 aliphatic carbocycles. The molecule has 100 valence electrons. The lowest BCUT2D eigenvalue weighted by molar-refractivity contribution is -0.112. The number of carbonyl (C=O) groups excluding carboxylic acids is 1. The monoisotopic (exact) mass is 272 g/mol. The first-order chi connectivity index (χ1) is 10.3. The molecule has 0 aromatic heterocycles. The normalized spacial score (nSPS) is 9.95. The summed E-state index contributed by atoms with van der Waals surface area (Å²) in [7, 11) is 0. The third kappa shape index (κ3) is 4.38. The second kappa shape index (κ2) is 7.33. The van der Waals surface area contributed by atoms with Crippen LogP contribution in [0.15, 0.2) is 72.3 Å². The Morgan fingerprint density at radius 2 is 1.62 bits per heavy atom. The molecule has 0 fully saturated rings. The number of hydrogen-bond donors (Lipinski definition) is 1. The zero-order chi connectivity index (χ0) is 14.9. The van der Waals surface area contributed by atoms with Gasteiger partial charge in [0.2, 0.25) is 0 Å². The number of nitrogens with one attached hydrogen (secondary N) is 1. The van der Waals surface area contributed by atoms with Crippen molar-refractivity contribution < 1.29 is 4.79 Å². The smallest absolute Gasteiger partial charge is 0.266 e. The van der Waals surface area contributed by atoms with Crippen molar-refractivity contribution in [2.45, 2.75) is 0 Å². The Morgan fingerprint density at radius 1 is 1.00 bits per heavy atom. The van der Waals surface area contributed by atoms with E-state index in [1.54, 1.807) is 24.3 Å². The van der Waals surface area contributed by atoms with Gasteiger partial charge in [-0.15, -0.1) is 0 Å². The van der Waals surface area contributed by atoms with Crippen LogP contribution in [0.1, 0.15) is 5.56 Å². The third-order valence-electron chi connectivity index (χ3n) is 2.60. The van der Waals surface area contributed by atoms with E-state index < -0.39 is 5.91 Å². The van der Waals surface area contributed by atoms with E-state index in [-0.39, 0.29) is 5.57 Å². The van der Waals surface area contributed by atoms with Crippen LogP contribution in [-0.4, -0.2) is 5.91 Å². The molecule has 3 heteroatoms. The van der Waals surface area contributed by atoms with Crippen LogP contribution >= 0.6 is 0 Å². The van der Waals surface area contributed by atoms with Gasteiger partial charge < -0.3 is 5.32 Å². The second-order valence-corrected chi connectivity index (χ2v) is 4.13. The van der Waals surface area contributed by atoms with Crippen LogP contribution in [0.3, 0.4) is 0 Å². The molecule has 2 aromatic rings. The molecule has 0 heterocycles. The van der Waals surface area contributed by atoms with Gasteiger partial charge in [0, 0.05) is 17.3 Å². The minimum Gasteiger partial charge on any atom is -0.321 e. The molecule has 1 N–H and O–H groups in total. The number of para-hydroxylation sites is 1. The van der Waals surface area contributed by atoms with Crippen molar-refractivity contribution in [2.75, 3.05) is 5.32 Å². The summed E-state index contributed by atoms with van der Waals surface area (Å²) in [4.78, 5) is 11.9. The highest BCUT2D eigenvalue weighted by Gasteiger charge is 2.07. The number of nitriles is 1. The van der Waals surface area contributed by atoms with Crippen molar-refractivity contribution in [3.8, 4) is 17.9 Å². The molecule has 0 saturated heterocycles. The quantitative estimate of drug-likeness (QED) is 0.519. The van der Waals surface area contributed by atoms with Crippen molar-refractivity contribution in [3.63, 3.8) is 0 Å². The molecule has 1 amide bonds. The number of allylic oxidation sites excluding steroid dienone is 1. The summed E-state index contributed by atoms with van der Waals surface area (Å²) in [5.41, 5.74) is 1.44. The van der Waals surface area contributed by atoms with Gasteiger partial charge in [-0.25, -0.2) is 0 Å². The van der Waals surface area contributed by atoms with E-state index in [1.807, 2.05) is 42.5 Å². The molecule has 3 nitrogen and oxygen atoms in total. The lowest BCUT2D eigenvalue weighted by atomic mass is 10.2. The molecular weight excluding hydrogens is 260 g/mol. The molecule has 21 heavy (non-hydrogen) atoms. The van der Waals surface area contributed by atoms with Crippen molar-refractivity contribution in [2.24, 2.45) is 0 Å². The number of hydrogen-bond acceptors (Lipinski definition) is 2. The Balaban J connectivity index is 2.09. The molecule has 0 bridgehead atoms.